The Kier molecular flexibility index (Phi) is 4.63. The Bertz CT molecular complexity index is 562. The topological polar surface area (TPSA) is 15.3 Å². The monoisotopic (exact) mass is 284 g/mol. The van der Waals surface area contributed by atoms with Gasteiger partial charge in [0.1, 0.15) is 5.82 Å². The van der Waals surface area contributed by atoms with E-state index in [0.717, 1.165) is 43.7 Å². The molecule has 0 aromatic heterocycles. The Morgan fingerprint density at radius 3 is 2.48 bits per heavy atom. The fourth-order valence-corrected chi connectivity index (χ4v) is 3.04. The number of hydrogen-bond acceptors (Lipinski definition) is 2. The molecule has 3 rings (SSSR count). The molecule has 2 nitrogen and oxygen atoms in total. The summed E-state index contributed by atoms with van der Waals surface area (Å²) < 4.78 is 14.3. The van der Waals surface area contributed by atoms with E-state index in [4.69, 9.17) is 0 Å². The van der Waals surface area contributed by atoms with E-state index in [9.17, 15) is 4.39 Å². The second-order valence-corrected chi connectivity index (χ2v) is 5.47. The molecule has 21 heavy (non-hydrogen) atoms. The van der Waals surface area contributed by atoms with Crippen molar-refractivity contribution < 1.29 is 4.39 Å². The first-order chi connectivity index (χ1) is 10.4. The van der Waals surface area contributed by atoms with Gasteiger partial charge in [-0.15, -0.1) is 0 Å². The third-order valence-corrected chi connectivity index (χ3v) is 4.05. The standard InChI is InChI=1S/C18H21FN2/c19-17-10-5-4-9-16(17)18(15-7-2-1-3-8-15)21-13-6-11-20-12-14-21/h1-5,7-10,18,20H,6,11-14H2. The van der Waals surface area contributed by atoms with Crippen LogP contribution < -0.4 is 5.32 Å². The third kappa shape index (κ3) is 3.31. The fourth-order valence-electron chi connectivity index (χ4n) is 3.04. The van der Waals surface area contributed by atoms with Gasteiger partial charge in [-0.05, 0) is 24.6 Å². The molecule has 2 aromatic rings. The molecule has 110 valence electrons. The number of hydrogen-bond donors (Lipinski definition) is 1. The molecule has 1 unspecified atom stereocenters. The predicted octanol–water partition coefficient (Wildman–Crippen LogP) is 3.21. The molecular weight excluding hydrogens is 263 g/mol. The first kappa shape index (κ1) is 14.2. The van der Waals surface area contributed by atoms with Gasteiger partial charge in [0.2, 0.25) is 0 Å². The third-order valence-electron chi connectivity index (χ3n) is 4.05. The highest BCUT2D eigenvalue weighted by atomic mass is 19.1. The van der Waals surface area contributed by atoms with Gasteiger partial charge in [0.05, 0.1) is 6.04 Å². The summed E-state index contributed by atoms with van der Waals surface area (Å²) in [7, 11) is 0. The van der Waals surface area contributed by atoms with Crippen LogP contribution >= 0.6 is 0 Å². The first-order valence-corrected chi connectivity index (χ1v) is 7.60. The zero-order valence-electron chi connectivity index (χ0n) is 12.1. The Balaban J connectivity index is 2.00. The number of nitrogens with zero attached hydrogens (tertiary/aromatic N) is 1. The van der Waals surface area contributed by atoms with Crippen LogP contribution in [0.3, 0.4) is 0 Å². The lowest BCUT2D eigenvalue weighted by atomic mass is 9.96. The van der Waals surface area contributed by atoms with Gasteiger partial charge >= 0.3 is 0 Å². The minimum Gasteiger partial charge on any atom is -0.315 e. The molecule has 1 N–H and O–H groups in total. The maximum atomic E-state index is 14.3. The van der Waals surface area contributed by atoms with Gasteiger partial charge in [-0.3, -0.25) is 4.90 Å². The van der Waals surface area contributed by atoms with Crippen molar-refractivity contribution in [3.8, 4) is 0 Å². The lowest BCUT2D eigenvalue weighted by Crippen LogP contribution is -2.33. The summed E-state index contributed by atoms with van der Waals surface area (Å²) >= 11 is 0. The van der Waals surface area contributed by atoms with Crippen LogP contribution in [0.4, 0.5) is 4.39 Å². The van der Waals surface area contributed by atoms with Crippen LogP contribution in [0, 0.1) is 5.82 Å². The maximum absolute atomic E-state index is 14.3. The summed E-state index contributed by atoms with van der Waals surface area (Å²) in [5, 5.41) is 3.41. The molecular formula is C18H21FN2. The molecule has 1 fully saturated rings. The maximum Gasteiger partial charge on any atom is 0.128 e. The van der Waals surface area contributed by atoms with Crippen molar-refractivity contribution in [1.82, 2.24) is 10.2 Å². The molecule has 0 spiro atoms. The number of halogens is 1. The molecule has 1 saturated heterocycles. The minimum atomic E-state index is -0.122. The second-order valence-electron chi connectivity index (χ2n) is 5.47. The summed E-state index contributed by atoms with van der Waals surface area (Å²) in [5.41, 5.74) is 1.93. The Labute approximate surface area is 125 Å². The van der Waals surface area contributed by atoms with Crippen molar-refractivity contribution in [2.24, 2.45) is 0 Å². The smallest absolute Gasteiger partial charge is 0.128 e. The number of rotatable bonds is 3. The average Bonchev–Trinajstić information content (AvgIpc) is 2.80. The van der Waals surface area contributed by atoms with Gasteiger partial charge in [-0.2, -0.15) is 0 Å². The van der Waals surface area contributed by atoms with Crippen LogP contribution in [0.25, 0.3) is 0 Å². The number of nitrogens with one attached hydrogen (secondary N) is 1. The van der Waals surface area contributed by atoms with E-state index in [2.05, 4.69) is 22.3 Å². The van der Waals surface area contributed by atoms with E-state index in [1.54, 1.807) is 12.1 Å². The lowest BCUT2D eigenvalue weighted by Gasteiger charge is -2.31. The van der Waals surface area contributed by atoms with Gasteiger partial charge < -0.3 is 5.32 Å². The van der Waals surface area contributed by atoms with Crippen LogP contribution in [0.1, 0.15) is 23.6 Å². The van der Waals surface area contributed by atoms with E-state index < -0.39 is 0 Å². The van der Waals surface area contributed by atoms with E-state index >= 15 is 0 Å². The molecule has 1 aliphatic heterocycles. The average molecular weight is 284 g/mol. The van der Waals surface area contributed by atoms with Gasteiger partial charge in [-0.25, -0.2) is 4.39 Å². The molecule has 0 radical (unpaired) electrons. The van der Waals surface area contributed by atoms with Crippen LogP contribution in [0.15, 0.2) is 54.6 Å². The zero-order valence-corrected chi connectivity index (χ0v) is 12.1. The highest BCUT2D eigenvalue weighted by Crippen LogP contribution is 2.30. The summed E-state index contributed by atoms with van der Waals surface area (Å²) in [6.07, 6.45) is 1.10. The molecule has 0 aliphatic carbocycles. The van der Waals surface area contributed by atoms with Crippen LogP contribution in [0.2, 0.25) is 0 Å². The van der Waals surface area contributed by atoms with Crippen LogP contribution in [-0.4, -0.2) is 31.1 Å². The SMILES string of the molecule is Fc1ccccc1C(c1ccccc1)N1CCCNCC1. The molecule has 0 amide bonds. The van der Waals surface area contributed by atoms with Crippen molar-refractivity contribution in [2.75, 3.05) is 26.2 Å². The van der Waals surface area contributed by atoms with Crippen molar-refractivity contribution in [2.45, 2.75) is 12.5 Å². The van der Waals surface area contributed by atoms with Gasteiger partial charge in [0.25, 0.3) is 0 Å². The lowest BCUT2D eigenvalue weighted by molar-refractivity contribution is 0.237. The van der Waals surface area contributed by atoms with E-state index in [1.807, 2.05) is 30.3 Å². The van der Waals surface area contributed by atoms with Crippen molar-refractivity contribution >= 4 is 0 Å². The van der Waals surface area contributed by atoms with Gasteiger partial charge in [0.15, 0.2) is 0 Å². The van der Waals surface area contributed by atoms with E-state index in [1.165, 1.54) is 0 Å². The van der Waals surface area contributed by atoms with E-state index in [0.29, 0.717) is 0 Å². The van der Waals surface area contributed by atoms with Gasteiger partial charge in [-0.1, -0.05) is 48.5 Å². The molecule has 0 saturated carbocycles. The van der Waals surface area contributed by atoms with Crippen molar-refractivity contribution in [3.05, 3.63) is 71.5 Å². The molecule has 1 aliphatic rings. The Morgan fingerprint density at radius 1 is 0.905 bits per heavy atom. The highest BCUT2D eigenvalue weighted by molar-refractivity contribution is 5.32. The summed E-state index contributed by atoms with van der Waals surface area (Å²) in [6.45, 7) is 3.92. The molecule has 2 aromatic carbocycles. The normalized spacial score (nSPS) is 18.1. The molecule has 1 heterocycles. The minimum absolute atomic E-state index is 0.00713. The molecule has 1 atom stereocenters. The summed E-state index contributed by atoms with van der Waals surface area (Å²) in [4.78, 5) is 2.38. The van der Waals surface area contributed by atoms with E-state index in [-0.39, 0.29) is 11.9 Å². The molecule has 0 bridgehead atoms. The number of benzene rings is 2. The van der Waals surface area contributed by atoms with Crippen LogP contribution in [-0.2, 0) is 0 Å². The largest absolute Gasteiger partial charge is 0.315 e. The summed E-state index contributed by atoms with van der Waals surface area (Å²) in [6, 6.07) is 17.4. The quantitative estimate of drug-likeness (QED) is 0.931. The van der Waals surface area contributed by atoms with Gasteiger partial charge in [0, 0.05) is 25.2 Å². The Morgan fingerprint density at radius 2 is 1.67 bits per heavy atom. The zero-order chi connectivity index (χ0) is 14.5. The predicted molar refractivity (Wildman–Crippen MR) is 83.7 cm³/mol. The summed E-state index contributed by atoms with van der Waals surface area (Å²) in [5.74, 6) is -0.122. The first-order valence-electron chi connectivity index (χ1n) is 7.60. The van der Waals surface area contributed by atoms with Crippen molar-refractivity contribution in [3.63, 3.8) is 0 Å². The highest BCUT2D eigenvalue weighted by Gasteiger charge is 2.25. The van der Waals surface area contributed by atoms with Crippen molar-refractivity contribution in [1.29, 1.82) is 0 Å². The fraction of sp³-hybridized carbons (Fsp3) is 0.333. The molecule has 3 heteroatoms. The van der Waals surface area contributed by atoms with Crippen LogP contribution in [0.5, 0.6) is 0 Å². The Hall–Kier alpha value is -1.71. The second kappa shape index (κ2) is 6.83.